The predicted molar refractivity (Wildman–Crippen MR) is 141 cm³/mol. The van der Waals surface area contributed by atoms with Crippen molar-refractivity contribution in [3.05, 3.63) is 69.1 Å². The third-order valence-corrected chi connectivity index (χ3v) is 6.58. The molecule has 0 N–H and O–H groups in total. The van der Waals surface area contributed by atoms with Gasteiger partial charge in [0.15, 0.2) is 16.9 Å². The zero-order valence-electron chi connectivity index (χ0n) is 22.1. The largest absolute Gasteiger partial charge is 0.493 e. The highest BCUT2D eigenvalue weighted by Gasteiger charge is 2.42. The number of aryl methyl sites for hydroxylation is 1. The summed E-state index contributed by atoms with van der Waals surface area (Å²) in [5, 5.41) is 0.488. The fraction of sp³-hybridized carbons (Fsp3) is 0.448. The van der Waals surface area contributed by atoms with E-state index in [9.17, 15) is 9.59 Å². The number of hydrogen-bond acceptors (Lipinski definition) is 6. The molecule has 0 spiro atoms. The highest BCUT2D eigenvalue weighted by atomic mass is 16.5. The van der Waals surface area contributed by atoms with Crippen molar-refractivity contribution in [2.45, 2.75) is 39.7 Å². The first-order valence-electron chi connectivity index (χ1n) is 12.5. The number of fused-ring (bicyclic) bond motifs is 2. The van der Waals surface area contributed by atoms with Crippen LogP contribution in [0.4, 0.5) is 0 Å². The fourth-order valence-electron chi connectivity index (χ4n) is 4.65. The van der Waals surface area contributed by atoms with Crippen molar-refractivity contribution in [3.8, 4) is 11.5 Å². The molecule has 1 amide bonds. The molecule has 0 aliphatic carbocycles. The minimum Gasteiger partial charge on any atom is -0.493 e. The second-order valence-corrected chi connectivity index (χ2v) is 10.2. The second-order valence-electron chi connectivity index (χ2n) is 10.2. The van der Waals surface area contributed by atoms with Gasteiger partial charge in [-0.1, -0.05) is 31.5 Å². The number of benzene rings is 2. The molecule has 1 aliphatic rings. The van der Waals surface area contributed by atoms with Gasteiger partial charge in [-0.15, -0.1) is 0 Å². The smallest absolute Gasteiger partial charge is 0.290 e. The third kappa shape index (κ3) is 5.12. The van der Waals surface area contributed by atoms with Crippen LogP contribution in [-0.4, -0.2) is 56.6 Å². The van der Waals surface area contributed by atoms with E-state index in [-0.39, 0.29) is 17.1 Å². The minimum absolute atomic E-state index is 0.127. The van der Waals surface area contributed by atoms with E-state index < -0.39 is 6.04 Å². The van der Waals surface area contributed by atoms with Crippen LogP contribution in [0.15, 0.2) is 45.6 Å². The number of rotatable bonds is 10. The molecule has 7 heteroatoms. The Balaban J connectivity index is 1.80. The van der Waals surface area contributed by atoms with Crippen molar-refractivity contribution in [1.82, 2.24) is 9.80 Å². The van der Waals surface area contributed by atoms with E-state index in [0.29, 0.717) is 47.1 Å². The Morgan fingerprint density at radius 2 is 1.86 bits per heavy atom. The number of carbonyl (C=O) groups excluding carboxylic acids is 1. The molecule has 1 atom stereocenters. The predicted octanol–water partition coefficient (Wildman–Crippen LogP) is 5.03. The molecule has 0 radical (unpaired) electrons. The molecule has 0 unspecified atom stereocenters. The van der Waals surface area contributed by atoms with Crippen molar-refractivity contribution in [3.63, 3.8) is 0 Å². The van der Waals surface area contributed by atoms with Gasteiger partial charge in [0.25, 0.3) is 5.91 Å². The SMILES string of the molecule is COc1cc([C@H]2c3c(oc4ccc(C)cc4c3=O)C(=O)N2CCCN(C)C)ccc1OCCC(C)C. The number of carbonyl (C=O) groups is 1. The zero-order chi connectivity index (χ0) is 26.0. The fourth-order valence-corrected chi connectivity index (χ4v) is 4.65. The third-order valence-electron chi connectivity index (χ3n) is 6.58. The lowest BCUT2D eigenvalue weighted by atomic mass is 9.97. The quantitative estimate of drug-likeness (QED) is 0.395. The lowest BCUT2D eigenvalue weighted by Gasteiger charge is -2.26. The maximum atomic E-state index is 13.8. The summed E-state index contributed by atoms with van der Waals surface area (Å²) in [5.41, 5.74) is 2.40. The molecule has 1 aliphatic heterocycles. The van der Waals surface area contributed by atoms with Crippen LogP contribution in [0, 0.1) is 12.8 Å². The van der Waals surface area contributed by atoms with Crippen molar-refractivity contribution in [2.75, 3.05) is 40.9 Å². The van der Waals surface area contributed by atoms with Crippen LogP contribution in [0.2, 0.25) is 0 Å². The summed E-state index contributed by atoms with van der Waals surface area (Å²) in [6.45, 7) is 8.14. The van der Waals surface area contributed by atoms with Gasteiger partial charge >= 0.3 is 0 Å². The Bertz CT molecular complexity index is 1310. The number of hydrogen-bond donors (Lipinski definition) is 0. The second kappa shape index (κ2) is 10.7. The molecule has 36 heavy (non-hydrogen) atoms. The molecule has 1 aromatic heterocycles. The summed E-state index contributed by atoms with van der Waals surface area (Å²) in [6, 6.07) is 10.6. The summed E-state index contributed by atoms with van der Waals surface area (Å²) in [6.07, 6.45) is 1.70. The molecular formula is C29H36N2O5. The molecule has 0 saturated heterocycles. The molecule has 3 aromatic rings. The Morgan fingerprint density at radius 1 is 1.08 bits per heavy atom. The highest BCUT2D eigenvalue weighted by Crippen LogP contribution is 2.41. The van der Waals surface area contributed by atoms with Crippen LogP contribution in [0.3, 0.4) is 0 Å². The maximum absolute atomic E-state index is 13.8. The first-order valence-corrected chi connectivity index (χ1v) is 12.5. The summed E-state index contributed by atoms with van der Waals surface area (Å²) in [4.78, 5) is 31.1. The van der Waals surface area contributed by atoms with Gasteiger partial charge in [-0.05, 0) is 76.2 Å². The van der Waals surface area contributed by atoms with Crippen molar-refractivity contribution >= 4 is 16.9 Å². The van der Waals surface area contributed by atoms with Gasteiger partial charge in [0, 0.05) is 6.54 Å². The monoisotopic (exact) mass is 492 g/mol. The Hall–Kier alpha value is -3.32. The number of amides is 1. The summed E-state index contributed by atoms with van der Waals surface area (Å²) >= 11 is 0. The molecule has 0 fully saturated rings. The minimum atomic E-state index is -0.561. The number of ether oxygens (including phenoxy) is 2. The van der Waals surface area contributed by atoms with Crippen LogP contribution in [0.25, 0.3) is 11.0 Å². The van der Waals surface area contributed by atoms with Gasteiger partial charge in [-0.3, -0.25) is 9.59 Å². The van der Waals surface area contributed by atoms with Crippen LogP contribution >= 0.6 is 0 Å². The maximum Gasteiger partial charge on any atom is 0.290 e. The van der Waals surface area contributed by atoms with E-state index >= 15 is 0 Å². The van der Waals surface area contributed by atoms with E-state index in [1.165, 1.54) is 0 Å². The molecule has 0 saturated carbocycles. The van der Waals surface area contributed by atoms with Gasteiger partial charge < -0.3 is 23.7 Å². The Morgan fingerprint density at radius 3 is 2.56 bits per heavy atom. The van der Waals surface area contributed by atoms with E-state index in [1.54, 1.807) is 18.1 Å². The average Bonchev–Trinajstić information content (AvgIpc) is 3.11. The molecule has 2 aromatic carbocycles. The van der Waals surface area contributed by atoms with Gasteiger partial charge in [0.1, 0.15) is 5.58 Å². The van der Waals surface area contributed by atoms with Gasteiger partial charge in [0.05, 0.1) is 30.7 Å². The summed E-state index contributed by atoms with van der Waals surface area (Å²) < 4.78 is 17.7. The lowest BCUT2D eigenvalue weighted by Crippen LogP contribution is -2.32. The van der Waals surface area contributed by atoms with Crippen molar-refractivity contribution in [2.24, 2.45) is 5.92 Å². The average molecular weight is 493 g/mol. The first-order chi connectivity index (χ1) is 17.2. The number of nitrogens with zero attached hydrogens (tertiary/aromatic N) is 2. The zero-order valence-corrected chi connectivity index (χ0v) is 22.1. The van der Waals surface area contributed by atoms with E-state index in [1.807, 2.05) is 51.4 Å². The van der Waals surface area contributed by atoms with Crippen LogP contribution in [0.5, 0.6) is 11.5 Å². The van der Waals surface area contributed by atoms with Crippen molar-refractivity contribution < 1.29 is 18.7 Å². The van der Waals surface area contributed by atoms with Crippen LogP contribution in [-0.2, 0) is 0 Å². The van der Waals surface area contributed by atoms with Crippen molar-refractivity contribution in [1.29, 1.82) is 0 Å². The summed E-state index contributed by atoms with van der Waals surface area (Å²) in [5.74, 6) is 1.62. The molecule has 2 heterocycles. The van der Waals surface area contributed by atoms with Crippen LogP contribution < -0.4 is 14.9 Å². The lowest BCUT2D eigenvalue weighted by molar-refractivity contribution is 0.0722. The highest BCUT2D eigenvalue weighted by molar-refractivity contribution is 5.99. The first kappa shape index (κ1) is 25.8. The van der Waals surface area contributed by atoms with Gasteiger partial charge in [-0.25, -0.2) is 0 Å². The topological polar surface area (TPSA) is 72.2 Å². The molecular weight excluding hydrogens is 456 g/mol. The van der Waals surface area contributed by atoms with E-state index in [0.717, 1.165) is 30.5 Å². The van der Waals surface area contributed by atoms with Gasteiger partial charge in [0.2, 0.25) is 5.76 Å². The molecule has 7 nitrogen and oxygen atoms in total. The molecule has 4 rings (SSSR count). The standard InChI is InChI=1S/C29H36N2O5/c1-18(2)12-15-35-23-11-9-20(17-24(23)34-6)26-25-27(32)21-16-19(3)8-10-22(21)36-28(25)29(33)31(26)14-7-13-30(4)5/h8-11,16-18,26H,7,12-15H2,1-6H3/t26-/m0/s1. The van der Waals surface area contributed by atoms with E-state index in [4.69, 9.17) is 13.9 Å². The van der Waals surface area contributed by atoms with Gasteiger partial charge in [-0.2, -0.15) is 0 Å². The number of methoxy groups -OCH3 is 1. The molecule has 0 bridgehead atoms. The summed E-state index contributed by atoms with van der Waals surface area (Å²) in [7, 11) is 5.60. The molecule has 192 valence electrons. The van der Waals surface area contributed by atoms with Crippen LogP contribution in [0.1, 0.15) is 60.0 Å². The Labute approximate surface area is 212 Å². The normalized spacial score (nSPS) is 15.3. The van der Waals surface area contributed by atoms with E-state index in [2.05, 4.69) is 18.7 Å². The Kier molecular flexibility index (Phi) is 7.69.